The maximum atomic E-state index is 11.7. The van der Waals surface area contributed by atoms with E-state index in [1.54, 1.807) is 11.6 Å². The zero-order valence-corrected chi connectivity index (χ0v) is 13.2. The number of methoxy groups -OCH3 is 1. The lowest BCUT2D eigenvalue weighted by atomic mass is 10.2. The Kier molecular flexibility index (Phi) is 3.76. The molecule has 22 heavy (non-hydrogen) atoms. The van der Waals surface area contributed by atoms with Gasteiger partial charge in [0.05, 0.1) is 7.11 Å². The second-order valence-corrected chi connectivity index (χ2v) is 5.95. The van der Waals surface area contributed by atoms with E-state index in [0.717, 1.165) is 11.3 Å². The van der Waals surface area contributed by atoms with E-state index in [1.165, 1.54) is 11.3 Å². The van der Waals surface area contributed by atoms with E-state index in [-0.39, 0.29) is 11.8 Å². The smallest absolute Gasteiger partial charge is 0.236 e. The van der Waals surface area contributed by atoms with Crippen LogP contribution in [0.4, 0.5) is 5.13 Å². The van der Waals surface area contributed by atoms with Gasteiger partial charge in [-0.1, -0.05) is 25.2 Å². The molecule has 2 heterocycles. The molecule has 0 saturated heterocycles. The maximum Gasteiger partial charge on any atom is 0.236 e. The SMILES string of the molecule is COc1ccc(-c2nnc3sc(NC(=O)C(C)C)nn23)cc1. The van der Waals surface area contributed by atoms with Gasteiger partial charge in [0, 0.05) is 11.5 Å². The lowest BCUT2D eigenvalue weighted by Crippen LogP contribution is -2.17. The van der Waals surface area contributed by atoms with Crippen LogP contribution in [0.2, 0.25) is 0 Å². The van der Waals surface area contributed by atoms with E-state index in [9.17, 15) is 4.79 Å². The first kappa shape index (κ1) is 14.5. The molecule has 0 atom stereocenters. The van der Waals surface area contributed by atoms with Gasteiger partial charge in [0.1, 0.15) is 5.75 Å². The molecule has 0 unspecified atom stereocenters. The quantitative estimate of drug-likeness (QED) is 0.799. The van der Waals surface area contributed by atoms with Crippen LogP contribution in [0, 0.1) is 5.92 Å². The first-order chi connectivity index (χ1) is 10.6. The molecule has 7 nitrogen and oxygen atoms in total. The summed E-state index contributed by atoms with van der Waals surface area (Å²) in [4.78, 5) is 12.4. The fourth-order valence-corrected chi connectivity index (χ4v) is 2.58. The molecule has 3 rings (SSSR count). The summed E-state index contributed by atoms with van der Waals surface area (Å²) in [6.07, 6.45) is 0. The van der Waals surface area contributed by atoms with Gasteiger partial charge >= 0.3 is 0 Å². The van der Waals surface area contributed by atoms with Crippen LogP contribution in [0.3, 0.4) is 0 Å². The largest absolute Gasteiger partial charge is 0.497 e. The van der Waals surface area contributed by atoms with Crippen molar-refractivity contribution in [2.45, 2.75) is 13.8 Å². The predicted molar refractivity (Wildman–Crippen MR) is 84.1 cm³/mol. The van der Waals surface area contributed by atoms with Crippen LogP contribution in [0.25, 0.3) is 16.3 Å². The number of nitrogens with one attached hydrogen (secondary N) is 1. The standard InChI is InChI=1S/C14H15N5O2S/c1-8(2)12(20)15-13-18-19-11(16-17-14(19)22-13)9-4-6-10(21-3)7-5-9/h4-8H,1-3H3,(H,15,18,20). The van der Waals surface area contributed by atoms with Crippen molar-refractivity contribution in [3.63, 3.8) is 0 Å². The highest BCUT2D eigenvalue weighted by atomic mass is 32.1. The van der Waals surface area contributed by atoms with Gasteiger partial charge in [-0.15, -0.1) is 15.3 Å². The summed E-state index contributed by atoms with van der Waals surface area (Å²) in [5, 5.41) is 15.9. The molecule has 0 spiro atoms. The van der Waals surface area contributed by atoms with Crippen LogP contribution in [0.5, 0.6) is 5.75 Å². The van der Waals surface area contributed by atoms with E-state index < -0.39 is 0 Å². The number of aromatic nitrogens is 4. The van der Waals surface area contributed by atoms with Gasteiger partial charge in [-0.05, 0) is 24.3 Å². The number of nitrogens with zero attached hydrogens (tertiary/aromatic N) is 4. The number of ether oxygens (including phenoxy) is 1. The third kappa shape index (κ3) is 2.64. The minimum Gasteiger partial charge on any atom is -0.497 e. The van der Waals surface area contributed by atoms with Gasteiger partial charge in [0.25, 0.3) is 0 Å². The summed E-state index contributed by atoms with van der Waals surface area (Å²) >= 11 is 1.29. The molecule has 1 aromatic carbocycles. The first-order valence-corrected chi connectivity index (χ1v) is 7.57. The molecule has 1 N–H and O–H groups in total. The first-order valence-electron chi connectivity index (χ1n) is 6.76. The normalized spacial score (nSPS) is 11.1. The lowest BCUT2D eigenvalue weighted by molar-refractivity contribution is -0.118. The summed E-state index contributed by atoms with van der Waals surface area (Å²) in [7, 11) is 1.62. The van der Waals surface area contributed by atoms with Crippen LogP contribution in [0.1, 0.15) is 13.8 Å². The number of rotatable bonds is 4. The highest BCUT2D eigenvalue weighted by Gasteiger charge is 2.15. The molecule has 0 aliphatic heterocycles. The van der Waals surface area contributed by atoms with E-state index in [4.69, 9.17) is 4.74 Å². The van der Waals surface area contributed by atoms with Crippen LogP contribution in [-0.2, 0) is 4.79 Å². The Morgan fingerprint density at radius 1 is 1.27 bits per heavy atom. The molecule has 1 amide bonds. The molecule has 0 saturated carbocycles. The molecule has 8 heteroatoms. The van der Waals surface area contributed by atoms with Crippen LogP contribution < -0.4 is 10.1 Å². The number of hydrogen-bond acceptors (Lipinski definition) is 6. The molecule has 114 valence electrons. The monoisotopic (exact) mass is 317 g/mol. The number of carbonyl (C=O) groups excluding carboxylic acids is 1. The highest BCUT2D eigenvalue weighted by molar-refractivity contribution is 7.20. The Bertz CT molecular complexity index is 806. The number of anilines is 1. The average molecular weight is 317 g/mol. The highest BCUT2D eigenvalue weighted by Crippen LogP contribution is 2.25. The van der Waals surface area contributed by atoms with Crippen molar-refractivity contribution in [2.75, 3.05) is 12.4 Å². The van der Waals surface area contributed by atoms with Crippen molar-refractivity contribution >= 4 is 27.3 Å². The number of fused-ring (bicyclic) bond motifs is 1. The Balaban J connectivity index is 1.93. The van der Waals surface area contributed by atoms with E-state index in [0.29, 0.717) is 15.9 Å². The zero-order valence-electron chi connectivity index (χ0n) is 12.4. The van der Waals surface area contributed by atoms with Gasteiger partial charge in [-0.25, -0.2) is 0 Å². The maximum absolute atomic E-state index is 11.7. The second kappa shape index (κ2) is 5.72. The fourth-order valence-electron chi connectivity index (χ4n) is 1.84. The van der Waals surface area contributed by atoms with Crippen LogP contribution in [-0.4, -0.2) is 32.8 Å². The summed E-state index contributed by atoms with van der Waals surface area (Å²) in [5.41, 5.74) is 0.875. The third-order valence-electron chi connectivity index (χ3n) is 3.09. The molecule has 2 aromatic heterocycles. The molecule has 0 aliphatic carbocycles. The molecule has 3 aromatic rings. The number of benzene rings is 1. The summed E-state index contributed by atoms with van der Waals surface area (Å²) in [6.45, 7) is 3.66. The molecule has 0 fully saturated rings. The third-order valence-corrected chi connectivity index (χ3v) is 3.91. The van der Waals surface area contributed by atoms with Crippen LogP contribution in [0.15, 0.2) is 24.3 Å². The topological polar surface area (TPSA) is 81.4 Å². The van der Waals surface area contributed by atoms with E-state index in [2.05, 4.69) is 20.6 Å². The van der Waals surface area contributed by atoms with Crippen molar-refractivity contribution < 1.29 is 9.53 Å². The fraction of sp³-hybridized carbons (Fsp3) is 0.286. The van der Waals surface area contributed by atoms with Gasteiger partial charge in [0.2, 0.25) is 16.0 Å². The Hall–Kier alpha value is -2.48. The van der Waals surface area contributed by atoms with Crippen molar-refractivity contribution in [1.29, 1.82) is 0 Å². The number of amides is 1. The van der Waals surface area contributed by atoms with Crippen molar-refractivity contribution in [3.05, 3.63) is 24.3 Å². The van der Waals surface area contributed by atoms with Gasteiger partial charge in [-0.3, -0.25) is 4.79 Å². The Morgan fingerprint density at radius 2 is 2.00 bits per heavy atom. The van der Waals surface area contributed by atoms with Gasteiger partial charge in [-0.2, -0.15) is 4.52 Å². The number of hydrogen-bond donors (Lipinski definition) is 1. The minimum absolute atomic E-state index is 0.0732. The van der Waals surface area contributed by atoms with E-state index >= 15 is 0 Å². The minimum atomic E-state index is -0.101. The van der Waals surface area contributed by atoms with E-state index in [1.807, 2.05) is 38.1 Å². The van der Waals surface area contributed by atoms with Gasteiger partial charge in [0.15, 0.2) is 5.82 Å². The number of carbonyl (C=O) groups is 1. The molecular formula is C14H15N5O2S. The zero-order chi connectivity index (χ0) is 15.7. The predicted octanol–water partition coefficient (Wildman–Crippen LogP) is 2.46. The summed E-state index contributed by atoms with van der Waals surface area (Å²) < 4.78 is 6.77. The summed E-state index contributed by atoms with van der Waals surface area (Å²) in [6, 6.07) is 7.48. The Labute approximate surface area is 130 Å². The van der Waals surface area contributed by atoms with Crippen LogP contribution >= 0.6 is 11.3 Å². The van der Waals surface area contributed by atoms with Crippen molar-refractivity contribution in [2.24, 2.45) is 5.92 Å². The second-order valence-electron chi connectivity index (χ2n) is 5.00. The molecule has 0 bridgehead atoms. The van der Waals surface area contributed by atoms with Gasteiger partial charge < -0.3 is 10.1 Å². The lowest BCUT2D eigenvalue weighted by Gasteiger charge is -2.03. The molecule has 0 radical (unpaired) electrons. The average Bonchev–Trinajstić information content (AvgIpc) is 3.07. The van der Waals surface area contributed by atoms with Crippen molar-refractivity contribution in [1.82, 2.24) is 19.8 Å². The Morgan fingerprint density at radius 3 is 2.64 bits per heavy atom. The van der Waals surface area contributed by atoms with Crippen molar-refractivity contribution in [3.8, 4) is 17.1 Å². The summed E-state index contributed by atoms with van der Waals surface area (Å²) in [5.74, 6) is 1.22. The molecule has 0 aliphatic rings. The molecular weight excluding hydrogens is 302 g/mol.